The fourth-order valence-electron chi connectivity index (χ4n) is 2.54. The predicted molar refractivity (Wildman–Crippen MR) is 47.5 cm³/mol. The van der Waals surface area contributed by atoms with E-state index in [1.165, 1.54) is 32.4 Å². The zero-order chi connectivity index (χ0) is 7.90. The van der Waals surface area contributed by atoms with Crippen molar-refractivity contribution in [3.05, 3.63) is 0 Å². The van der Waals surface area contributed by atoms with Crippen molar-refractivity contribution in [1.82, 2.24) is 5.32 Å². The first-order valence-corrected chi connectivity index (χ1v) is 4.88. The monoisotopic (exact) mass is 153 g/mol. The van der Waals surface area contributed by atoms with Crippen LogP contribution < -0.4 is 5.32 Å². The average Bonchev–Trinajstić information content (AvgIpc) is 2.05. The summed E-state index contributed by atoms with van der Waals surface area (Å²) in [5.41, 5.74) is 0.653. The summed E-state index contributed by atoms with van der Waals surface area (Å²) in [5, 5.41) is 3.37. The highest BCUT2D eigenvalue weighted by Crippen LogP contribution is 2.44. The van der Waals surface area contributed by atoms with Crippen LogP contribution in [0.1, 0.15) is 33.1 Å². The predicted octanol–water partition coefficient (Wildman–Crippen LogP) is 2.03. The van der Waals surface area contributed by atoms with Crippen molar-refractivity contribution in [3.8, 4) is 0 Å². The topological polar surface area (TPSA) is 12.0 Å². The minimum absolute atomic E-state index is 0.653. The zero-order valence-electron chi connectivity index (χ0n) is 7.69. The Labute approximate surface area is 69.6 Å². The zero-order valence-corrected chi connectivity index (χ0v) is 7.69. The van der Waals surface area contributed by atoms with E-state index in [9.17, 15) is 0 Å². The van der Waals surface area contributed by atoms with Crippen molar-refractivity contribution in [3.63, 3.8) is 0 Å². The second-order valence-electron chi connectivity index (χ2n) is 5.09. The van der Waals surface area contributed by atoms with Crippen molar-refractivity contribution in [2.75, 3.05) is 13.1 Å². The van der Waals surface area contributed by atoms with Crippen LogP contribution in [-0.4, -0.2) is 13.1 Å². The fourth-order valence-corrected chi connectivity index (χ4v) is 2.54. The Hall–Kier alpha value is -0.0400. The Bertz CT molecular complexity index is 147. The molecule has 2 aliphatic rings. The van der Waals surface area contributed by atoms with Crippen LogP contribution in [0.25, 0.3) is 0 Å². The van der Waals surface area contributed by atoms with Gasteiger partial charge < -0.3 is 5.32 Å². The Kier molecular flexibility index (Phi) is 1.71. The lowest BCUT2D eigenvalue weighted by Crippen LogP contribution is -2.45. The molecule has 0 amide bonds. The van der Waals surface area contributed by atoms with Gasteiger partial charge in [-0.05, 0) is 49.6 Å². The maximum atomic E-state index is 3.37. The van der Waals surface area contributed by atoms with Crippen molar-refractivity contribution >= 4 is 0 Å². The van der Waals surface area contributed by atoms with Gasteiger partial charge in [-0.1, -0.05) is 13.8 Å². The molecule has 0 aromatic rings. The highest BCUT2D eigenvalue weighted by atomic mass is 15.0. The molecule has 1 heteroatoms. The van der Waals surface area contributed by atoms with Crippen LogP contribution in [0.15, 0.2) is 0 Å². The third-order valence-electron chi connectivity index (χ3n) is 3.49. The number of nitrogens with one attached hydrogen (secondary N) is 1. The van der Waals surface area contributed by atoms with E-state index in [1.807, 2.05) is 0 Å². The van der Waals surface area contributed by atoms with Crippen LogP contribution in [0.4, 0.5) is 0 Å². The molecule has 0 bridgehead atoms. The fraction of sp³-hybridized carbons (Fsp3) is 1.00. The van der Waals surface area contributed by atoms with Crippen LogP contribution in [-0.2, 0) is 0 Å². The van der Waals surface area contributed by atoms with Crippen molar-refractivity contribution in [2.45, 2.75) is 33.1 Å². The lowest BCUT2D eigenvalue weighted by molar-refractivity contribution is 0.220. The van der Waals surface area contributed by atoms with Gasteiger partial charge in [-0.15, -0.1) is 0 Å². The van der Waals surface area contributed by atoms with Crippen LogP contribution in [0, 0.1) is 17.3 Å². The van der Waals surface area contributed by atoms with E-state index in [4.69, 9.17) is 0 Å². The van der Waals surface area contributed by atoms with Gasteiger partial charge in [-0.25, -0.2) is 0 Å². The smallest absolute Gasteiger partial charge is 0.000559 e. The summed E-state index contributed by atoms with van der Waals surface area (Å²) >= 11 is 0. The molecule has 2 rings (SSSR count). The molecule has 64 valence electrons. The van der Waals surface area contributed by atoms with E-state index >= 15 is 0 Å². The molecule has 1 saturated carbocycles. The molecule has 2 fully saturated rings. The Balaban J connectivity index is 1.88. The largest absolute Gasteiger partial charge is 0.316 e. The van der Waals surface area contributed by atoms with Crippen LogP contribution in [0.5, 0.6) is 0 Å². The first-order chi connectivity index (χ1) is 5.17. The number of hydrogen-bond acceptors (Lipinski definition) is 1. The second kappa shape index (κ2) is 2.48. The van der Waals surface area contributed by atoms with Crippen LogP contribution >= 0.6 is 0 Å². The van der Waals surface area contributed by atoms with Gasteiger partial charge in [0.05, 0.1) is 0 Å². The molecule has 0 aromatic carbocycles. The summed E-state index contributed by atoms with van der Waals surface area (Å²) < 4.78 is 0. The summed E-state index contributed by atoms with van der Waals surface area (Å²) in [6.45, 7) is 7.42. The maximum Gasteiger partial charge on any atom is -0.000559 e. The molecule has 1 saturated heterocycles. The minimum Gasteiger partial charge on any atom is -0.316 e. The van der Waals surface area contributed by atoms with Crippen LogP contribution in [0.3, 0.4) is 0 Å². The standard InChI is InChI=1S/C10H19N/c1-10(2)4-3-8(5-10)9-6-11-7-9/h8-9,11H,3-7H2,1-2H3. The lowest BCUT2D eigenvalue weighted by atomic mass is 9.83. The quantitative estimate of drug-likeness (QED) is 0.608. The van der Waals surface area contributed by atoms with E-state index in [0.29, 0.717) is 5.41 Å². The SMILES string of the molecule is CC1(C)CCC(C2CNC2)C1. The normalized spacial score (nSPS) is 37.1. The Morgan fingerprint density at radius 3 is 2.27 bits per heavy atom. The maximum absolute atomic E-state index is 3.37. The van der Waals surface area contributed by atoms with Crippen LogP contribution in [0.2, 0.25) is 0 Å². The summed E-state index contributed by atoms with van der Waals surface area (Å²) in [6.07, 6.45) is 4.41. The first-order valence-electron chi connectivity index (χ1n) is 4.88. The molecule has 1 atom stereocenters. The molecule has 1 aliphatic carbocycles. The third-order valence-corrected chi connectivity index (χ3v) is 3.49. The molecule has 1 N–H and O–H groups in total. The molecular weight excluding hydrogens is 134 g/mol. The van der Waals surface area contributed by atoms with Gasteiger partial charge in [0, 0.05) is 0 Å². The summed E-state index contributed by atoms with van der Waals surface area (Å²) in [6, 6.07) is 0. The Morgan fingerprint density at radius 1 is 1.18 bits per heavy atom. The highest BCUT2D eigenvalue weighted by Gasteiger charge is 2.37. The Morgan fingerprint density at radius 2 is 1.91 bits per heavy atom. The third kappa shape index (κ3) is 1.44. The van der Waals surface area contributed by atoms with E-state index in [0.717, 1.165) is 11.8 Å². The second-order valence-corrected chi connectivity index (χ2v) is 5.09. The van der Waals surface area contributed by atoms with Gasteiger partial charge in [0.25, 0.3) is 0 Å². The van der Waals surface area contributed by atoms with Gasteiger partial charge in [0.15, 0.2) is 0 Å². The van der Waals surface area contributed by atoms with Gasteiger partial charge in [0.1, 0.15) is 0 Å². The molecule has 0 aromatic heterocycles. The van der Waals surface area contributed by atoms with Gasteiger partial charge >= 0.3 is 0 Å². The van der Waals surface area contributed by atoms with Crippen molar-refractivity contribution in [1.29, 1.82) is 0 Å². The number of hydrogen-bond donors (Lipinski definition) is 1. The van der Waals surface area contributed by atoms with E-state index < -0.39 is 0 Å². The number of rotatable bonds is 1. The average molecular weight is 153 g/mol. The van der Waals surface area contributed by atoms with E-state index in [-0.39, 0.29) is 0 Å². The highest BCUT2D eigenvalue weighted by molar-refractivity contribution is 4.90. The minimum atomic E-state index is 0.653. The molecule has 1 aliphatic heterocycles. The summed E-state index contributed by atoms with van der Waals surface area (Å²) in [5.74, 6) is 2.07. The van der Waals surface area contributed by atoms with E-state index in [1.54, 1.807) is 0 Å². The summed E-state index contributed by atoms with van der Waals surface area (Å²) in [4.78, 5) is 0. The van der Waals surface area contributed by atoms with Crippen molar-refractivity contribution < 1.29 is 0 Å². The molecule has 1 unspecified atom stereocenters. The molecule has 0 spiro atoms. The van der Waals surface area contributed by atoms with E-state index in [2.05, 4.69) is 19.2 Å². The van der Waals surface area contributed by atoms with Gasteiger partial charge in [-0.3, -0.25) is 0 Å². The van der Waals surface area contributed by atoms with Crippen molar-refractivity contribution in [2.24, 2.45) is 17.3 Å². The lowest BCUT2D eigenvalue weighted by Gasteiger charge is -2.33. The van der Waals surface area contributed by atoms with Gasteiger partial charge in [0.2, 0.25) is 0 Å². The molecule has 0 radical (unpaired) electrons. The summed E-state index contributed by atoms with van der Waals surface area (Å²) in [7, 11) is 0. The molecular formula is C10H19N. The molecule has 11 heavy (non-hydrogen) atoms. The molecule has 1 heterocycles. The first kappa shape index (κ1) is 7.60. The van der Waals surface area contributed by atoms with Gasteiger partial charge in [-0.2, -0.15) is 0 Å². The molecule has 1 nitrogen and oxygen atoms in total.